The van der Waals surface area contributed by atoms with Gasteiger partial charge in [-0.15, -0.1) is 0 Å². The van der Waals surface area contributed by atoms with E-state index in [2.05, 4.69) is 58.9 Å². The standard InChI is InChI=1S/C80H152O17P2/c1-6-9-12-15-18-21-24-26-28-29-30-31-32-33-35-37-39-45-50-55-60-65-79(84)96-76(70-91-78(83)64-59-54-49-44-38-36-34-27-25-22-19-16-13-10-7-2)72-95-99(88,89)93-68-74(81)67-92-98(86,87)94-71-75(69-90-77(82)63-58-53-48-43-23-20-17-14-11-8-3)97-80(85)66-61-56-51-46-41-40-42-47-52-57-62-73(4)5/h22,25,27,34,73-76,81H,6-21,23-24,26,28-33,35-72H2,1-5H3,(H,86,87)(H,88,89)/b25-22-,34-27-/t74-,75+,76+/m0/s1. The highest BCUT2D eigenvalue weighted by Crippen LogP contribution is 2.45. The molecule has 0 amide bonds. The van der Waals surface area contributed by atoms with Crippen LogP contribution in [0.2, 0.25) is 0 Å². The van der Waals surface area contributed by atoms with Crippen LogP contribution < -0.4 is 0 Å². The lowest BCUT2D eigenvalue weighted by Crippen LogP contribution is -2.30. The minimum atomic E-state index is -4.97. The first-order valence-corrected chi connectivity index (χ1v) is 43.9. The lowest BCUT2D eigenvalue weighted by molar-refractivity contribution is -0.161. The summed E-state index contributed by atoms with van der Waals surface area (Å²) in [7, 11) is -9.93. The lowest BCUT2D eigenvalue weighted by Gasteiger charge is -2.21. The third-order valence-corrected chi connectivity index (χ3v) is 20.1. The van der Waals surface area contributed by atoms with E-state index in [1.807, 2.05) is 0 Å². The van der Waals surface area contributed by atoms with Gasteiger partial charge in [0.05, 0.1) is 26.4 Å². The number of aliphatic hydroxyl groups is 1. The molecule has 19 heteroatoms. The molecule has 0 radical (unpaired) electrons. The fraction of sp³-hybridized carbons (Fsp3) is 0.900. The van der Waals surface area contributed by atoms with Crippen molar-refractivity contribution in [2.75, 3.05) is 39.6 Å². The van der Waals surface area contributed by atoms with E-state index in [0.717, 1.165) is 115 Å². The SMILES string of the molecule is CCCCCC/C=C\C=C/CCCCCCCC(=O)OC[C@H](COP(=O)(O)OC[C@@H](O)COP(=O)(O)OC[C@@H](COC(=O)CCCCCCCCCCCC)OC(=O)CCCCCCCCCCCCC(C)C)OC(=O)CCCCCCCCCCCCCCCCCCCCCCC. The van der Waals surface area contributed by atoms with Crippen molar-refractivity contribution < 1.29 is 80.2 Å². The van der Waals surface area contributed by atoms with Gasteiger partial charge in [0.1, 0.15) is 19.3 Å². The molecule has 0 heterocycles. The Bertz CT molecular complexity index is 1990. The molecule has 0 rings (SSSR count). The van der Waals surface area contributed by atoms with E-state index in [0.29, 0.717) is 25.7 Å². The Morgan fingerprint density at radius 3 is 0.828 bits per heavy atom. The predicted molar refractivity (Wildman–Crippen MR) is 404 cm³/mol. The summed E-state index contributed by atoms with van der Waals surface area (Å²) in [5, 5.41) is 10.6. The van der Waals surface area contributed by atoms with Crippen molar-refractivity contribution in [3.05, 3.63) is 24.3 Å². The summed E-state index contributed by atoms with van der Waals surface area (Å²) in [6.45, 7) is 7.23. The number of carbonyl (C=O) groups excluding carboxylic acids is 4. The number of esters is 4. The topological polar surface area (TPSA) is 237 Å². The minimum absolute atomic E-state index is 0.102. The van der Waals surface area contributed by atoms with Crippen LogP contribution >= 0.6 is 15.6 Å². The average molecular weight is 1450 g/mol. The van der Waals surface area contributed by atoms with Crippen LogP contribution in [-0.4, -0.2) is 96.7 Å². The zero-order valence-corrected chi connectivity index (χ0v) is 65.9. The average Bonchev–Trinajstić information content (AvgIpc) is 0.979. The summed E-state index contributed by atoms with van der Waals surface area (Å²) in [6.07, 6.45) is 66.1. The van der Waals surface area contributed by atoms with Crippen LogP contribution in [0.4, 0.5) is 0 Å². The normalized spacial score (nSPS) is 14.0. The smallest absolute Gasteiger partial charge is 0.462 e. The molecule has 5 atom stereocenters. The molecule has 99 heavy (non-hydrogen) atoms. The van der Waals surface area contributed by atoms with E-state index in [1.54, 1.807) is 0 Å². The number of aliphatic hydroxyl groups excluding tert-OH is 1. The minimum Gasteiger partial charge on any atom is -0.462 e. The fourth-order valence-electron chi connectivity index (χ4n) is 11.9. The molecule has 0 aliphatic heterocycles. The zero-order valence-electron chi connectivity index (χ0n) is 64.1. The molecule has 2 unspecified atom stereocenters. The van der Waals surface area contributed by atoms with Crippen molar-refractivity contribution in [1.29, 1.82) is 0 Å². The first-order valence-electron chi connectivity index (χ1n) is 41.0. The molecule has 0 saturated carbocycles. The highest BCUT2D eigenvalue weighted by atomic mass is 31.2. The Kier molecular flexibility index (Phi) is 70.7. The third kappa shape index (κ3) is 73.6. The summed E-state index contributed by atoms with van der Waals surface area (Å²) < 4.78 is 68.6. The highest BCUT2D eigenvalue weighted by Gasteiger charge is 2.30. The molecular weight excluding hydrogens is 1290 g/mol. The fourth-order valence-corrected chi connectivity index (χ4v) is 13.4. The maximum atomic E-state index is 13.1. The van der Waals surface area contributed by atoms with Gasteiger partial charge in [0.2, 0.25) is 0 Å². The van der Waals surface area contributed by atoms with Crippen molar-refractivity contribution in [1.82, 2.24) is 0 Å². The van der Waals surface area contributed by atoms with Gasteiger partial charge in [-0.1, -0.05) is 348 Å². The molecule has 0 spiro atoms. The number of phosphoric acid groups is 2. The summed E-state index contributed by atoms with van der Waals surface area (Å²) in [5.41, 5.74) is 0. The van der Waals surface area contributed by atoms with E-state index in [-0.39, 0.29) is 25.7 Å². The van der Waals surface area contributed by atoms with E-state index in [1.165, 1.54) is 205 Å². The molecule has 0 fully saturated rings. The maximum absolute atomic E-state index is 13.1. The van der Waals surface area contributed by atoms with E-state index >= 15 is 0 Å². The Labute approximate surface area is 605 Å². The van der Waals surface area contributed by atoms with Gasteiger partial charge in [0.25, 0.3) is 0 Å². The molecule has 0 aliphatic rings. The Balaban J connectivity index is 5.24. The molecule has 0 aromatic carbocycles. The Hall–Kier alpha value is -2.46. The first-order chi connectivity index (χ1) is 48.0. The van der Waals surface area contributed by atoms with Gasteiger partial charge in [0, 0.05) is 25.7 Å². The monoisotopic (exact) mass is 1450 g/mol. The molecule has 0 aromatic rings. The molecule has 0 aliphatic carbocycles. The number of phosphoric ester groups is 2. The molecule has 0 saturated heterocycles. The summed E-state index contributed by atoms with van der Waals surface area (Å²) in [6, 6.07) is 0. The van der Waals surface area contributed by atoms with Crippen molar-refractivity contribution >= 4 is 39.5 Å². The first kappa shape index (κ1) is 96.5. The predicted octanol–water partition coefficient (Wildman–Crippen LogP) is 23.6. The molecule has 0 bridgehead atoms. The quantitative estimate of drug-likeness (QED) is 0.0169. The summed E-state index contributed by atoms with van der Waals surface area (Å²) in [4.78, 5) is 72.9. The van der Waals surface area contributed by atoms with Crippen molar-refractivity contribution in [3.63, 3.8) is 0 Å². The van der Waals surface area contributed by atoms with Crippen LogP contribution in [-0.2, 0) is 65.4 Å². The van der Waals surface area contributed by atoms with Gasteiger partial charge >= 0.3 is 39.5 Å². The van der Waals surface area contributed by atoms with Gasteiger partial charge < -0.3 is 33.8 Å². The second kappa shape index (κ2) is 72.5. The summed E-state index contributed by atoms with van der Waals surface area (Å²) >= 11 is 0. The number of hydrogen-bond donors (Lipinski definition) is 3. The lowest BCUT2D eigenvalue weighted by atomic mass is 10.0. The number of allylic oxidation sites excluding steroid dienone is 4. The van der Waals surface area contributed by atoms with Crippen molar-refractivity contribution in [2.24, 2.45) is 5.92 Å². The number of rotatable bonds is 78. The second-order valence-electron chi connectivity index (χ2n) is 28.6. The molecule has 0 aromatic heterocycles. The van der Waals surface area contributed by atoms with Gasteiger partial charge in [-0.25, -0.2) is 9.13 Å². The Morgan fingerprint density at radius 2 is 0.545 bits per heavy atom. The molecule has 584 valence electrons. The molecule has 17 nitrogen and oxygen atoms in total. The van der Waals surface area contributed by atoms with Crippen LogP contribution in [0.5, 0.6) is 0 Å². The largest absolute Gasteiger partial charge is 0.472 e. The van der Waals surface area contributed by atoms with E-state index < -0.39 is 97.5 Å². The molecular formula is C80H152O17P2. The van der Waals surface area contributed by atoms with Crippen LogP contribution in [0.25, 0.3) is 0 Å². The maximum Gasteiger partial charge on any atom is 0.472 e. The number of unbranched alkanes of at least 4 members (excludes halogenated alkanes) is 47. The third-order valence-electron chi connectivity index (χ3n) is 18.2. The second-order valence-corrected chi connectivity index (χ2v) is 31.5. The van der Waals surface area contributed by atoms with E-state index in [9.17, 15) is 43.2 Å². The van der Waals surface area contributed by atoms with Gasteiger partial charge in [-0.3, -0.25) is 37.3 Å². The van der Waals surface area contributed by atoms with Gasteiger partial charge in [0.15, 0.2) is 12.2 Å². The van der Waals surface area contributed by atoms with Crippen molar-refractivity contribution in [3.8, 4) is 0 Å². The van der Waals surface area contributed by atoms with E-state index in [4.69, 9.17) is 37.0 Å². The van der Waals surface area contributed by atoms with Crippen LogP contribution in [0.3, 0.4) is 0 Å². The molecule has 3 N–H and O–H groups in total. The van der Waals surface area contributed by atoms with Crippen molar-refractivity contribution in [2.45, 2.75) is 419 Å². The summed E-state index contributed by atoms with van der Waals surface area (Å²) in [5.74, 6) is -1.39. The number of ether oxygens (including phenoxy) is 4. The van der Waals surface area contributed by atoms with Crippen LogP contribution in [0.1, 0.15) is 401 Å². The Morgan fingerprint density at radius 1 is 0.313 bits per heavy atom. The van der Waals surface area contributed by atoms with Crippen LogP contribution in [0, 0.1) is 5.92 Å². The number of hydrogen-bond acceptors (Lipinski definition) is 15. The zero-order chi connectivity index (χ0) is 72.7. The van der Waals surface area contributed by atoms with Gasteiger partial charge in [-0.2, -0.15) is 0 Å². The van der Waals surface area contributed by atoms with Crippen LogP contribution in [0.15, 0.2) is 24.3 Å². The van der Waals surface area contributed by atoms with Gasteiger partial charge in [-0.05, 0) is 57.3 Å². The number of carbonyl (C=O) groups is 4. The highest BCUT2D eigenvalue weighted by molar-refractivity contribution is 7.47.